The molecule has 19 heavy (non-hydrogen) atoms. The molecule has 1 aliphatic heterocycles. The van der Waals surface area contributed by atoms with Crippen molar-refractivity contribution in [3.8, 4) is 0 Å². The maximum absolute atomic E-state index is 11.9. The van der Waals surface area contributed by atoms with Crippen LogP contribution in [0.25, 0.3) is 0 Å². The molecular weight excluding hydrogens is 244 g/mol. The summed E-state index contributed by atoms with van der Waals surface area (Å²) in [5.41, 5.74) is 0. The van der Waals surface area contributed by atoms with Gasteiger partial charge >= 0.3 is 0 Å². The molecule has 1 fully saturated rings. The molecule has 2 N–H and O–H groups in total. The highest BCUT2D eigenvalue weighted by atomic mass is 16.5. The maximum atomic E-state index is 11.9. The molecule has 0 radical (unpaired) electrons. The summed E-state index contributed by atoms with van der Waals surface area (Å²) in [5.74, 6) is 1.58. The zero-order valence-corrected chi connectivity index (χ0v) is 11.3. The Bertz CT molecular complexity index is 438. The van der Waals surface area contributed by atoms with Crippen LogP contribution in [0.2, 0.25) is 0 Å². The van der Waals surface area contributed by atoms with Gasteiger partial charge in [-0.3, -0.25) is 4.79 Å². The van der Waals surface area contributed by atoms with Gasteiger partial charge in [0, 0.05) is 20.1 Å². The van der Waals surface area contributed by atoms with Crippen molar-refractivity contribution in [2.45, 2.75) is 13.0 Å². The van der Waals surface area contributed by atoms with Gasteiger partial charge in [0.1, 0.15) is 17.7 Å². The average molecular weight is 264 g/mol. The number of ether oxygens (including phenoxy) is 1. The molecule has 1 saturated heterocycles. The van der Waals surface area contributed by atoms with E-state index in [1.165, 1.54) is 0 Å². The number of nitrogens with one attached hydrogen (secondary N) is 2. The quantitative estimate of drug-likeness (QED) is 0.827. The van der Waals surface area contributed by atoms with Crippen LogP contribution in [0.1, 0.15) is 6.92 Å². The van der Waals surface area contributed by atoms with E-state index in [0.29, 0.717) is 19.8 Å². The van der Waals surface area contributed by atoms with Gasteiger partial charge in [0.2, 0.25) is 5.91 Å². The van der Waals surface area contributed by atoms with Crippen molar-refractivity contribution in [2.75, 3.05) is 43.6 Å². The van der Waals surface area contributed by atoms with E-state index in [2.05, 4.69) is 15.6 Å². The Morgan fingerprint density at radius 3 is 3.16 bits per heavy atom. The molecule has 1 unspecified atom stereocenters. The Balaban J connectivity index is 2.21. The van der Waals surface area contributed by atoms with Gasteiger partial charge in [-0.1, -0.05) is 6.07 Å². The Labute approximate surface area is 113 Å². The number of hydrogen-bond donors (Lipinski definition) is 2. The minimum Gasteiger partial charge on any atom is -0.377 e. The van der Waals surface area contributed by atoms with Crippen molar-refractivity contribution >= 4 is 17.5 Å². The number of nitrogens with zero attached hydrogens (tertiary/aromatic N) is 2. The van der Waals surface area contributed by atoms with E-state index in [1.807, 2.05) is 30.0 Å². The zero-order chi connectivity index (χ0) is 13.7. The second kappa shape index (κ2) is 6.38. The van der Waals surface area contributed by atoms with E-state index in [1.54, 1.807) is 7.05 Å². The first-order valence-electron chi connectivity index (χ1n) is 6.53. The normalized spacial score (nSPS) is 19.1. The molecule has 0 saturated carbocycles. The Kier molecular flexibility index (Phi) is 4.57. The molecule has 1 aromatic heterocycles. The number of likely N-dealkylation sites (N-methyl/N-ethyl adjacent to an activating group) is 1. The Morgan fingerprint density at radius 2 is 2.42 bits per heavy atom. The minimum atomic E-state index is -0.317. The predicted molar refractivity (Wildman–Crippen MR) is 74.4 cm³/mol. The van der Waals surface area contributed by atoms with Crippen LogP contribution in [-0.4, -0.2) is 50.3 Å². The van der Waals surface area contributed by atoms with E-state index >= 15 is 0 Å². The molecule has 0 bridgehead atoms. The molecule has 0 aromatic carbocycles. The first-order valence-corrected chi connectivity index (χ1v) is 6.53. The third-order valence-corrected chi connectivity index (χ3v) is 3.06. The van der Waals surface area contributed by atoms with E-state index in [4.69, 9.17) is 4.74 Å². The van der Waals surface area contributed by atoms with Gasteiger partial charge in [-0.05, 0) is 19.1 Å². The third-order valence-electron chi connectivity index (χ3n) is 3.06. The number of aromatic nitrogens is 1. The van der Waals surface area contributed by atoms with Crippen LogP contribution in [0.3, 0.4) is 0 Å². The molecule has 1 amide bonds. The van der Waals surface area contributed by atoms with E-state index in [-0.39, 0.29) is 11.9 Å². The standard InChI is InChI=1S/C13H20N4O2/c1-3-15-11-5-4-6-12(16-11)17-7-8-19-9-10(17)13(18)14-2/h4-6,10H,3,7-9H2,1-2H3,(H,14,18)(H,15,16). The van der Waals surface area contributed by atoms with Crippen LogP contribution in [0.15, 0.2) is 18.2 Å². The van der Waals surface area contributed by atoms with Crippen molar-refractivity contribution in [1.29, 1.82) is 0 Å². The number of pyridine rings is 1. The van der Waals surface area contributed by atoms with Crippen molar-refractivity contribution < 1.29 is 9.53 Å². The molecule has 2 heterocycles. The van der Waals surface area contributed by atoms with Gasteiger partial charge in [-0.15, -0.1) is 0 Å². The lowest BCUT2D eigenvalue weighted by molar-refractivity contribution is -0.124. The monoisotopic (exact) mass is 264 g/mol. The first-order chi connectivity index (χ1) is 9.26. The molecule has 1 aliphatic rings. The summed E-state index contributed by atoms with van der Waals surface area (Å²) in [5, 5.41) is 5.85. The SMILES string of the molecule is CCNc1cccc(N2CCOCC2C(=O)NC)n1. The molecular formula is C13H20N4O2. The summed E-state index contributed by atoms with van der Waals surface area (Å²) < 4.78 is 5.39. The molecule has 2 rings (SSSR count). The number of carbonyl (C=O) groups excluding carboxylic acids is 1. The summed E-state index contributed by atoms with van der Waals surface area (Å²) in [4.78, 5) is 18.4. The van der Waals surface area contributed by atoms with Gasteiger partial charge in [0.05, 0.1) is 13.2 Å². The number of morpholine rings is 1. The highest BCUT2D eigenvalue weighted by Gasteiger charge is 2.29. The highest BCUT2D eigenvalue weighted by molar-refractivity contribution is 5.85. The average Bonchev–Trinajstić information content (AvgIpc) is 2.47. The van der Waals surface area contributed by atoms with Crippen LogP contribution in [0.4, 0.5) is 11.6 Å². The highest BCUT2D eigenvalue weighted by Crippen LogP contribution is 2.19. The molecule has 6 nitrogen and oxygen atoms in total. The number of hydrogen-bond acceptors (Lipinski definition) is 5. The van der Waals surface area contributed by atoms with Crippen LogP contribution in [0.5, 0.6) is 0 Å². The summed E-state index contributed by atoms with van der Waals surface area (Å²) in [6.45, 7) is 4.52. The first kappa shape index (κ1) is 13.6. The van der Waals surface area contributed by atoms with Gasteiger partial charge in [0.15, 0.2) is 0 Å². The maximum Gasteiger partial charge on any atom is 0.244 e. The topological polar surface area (TPSA) is 66.5 Å². The van der Waals surface area contributed by atoms with E-state index in [0.717, 1.165) is 18.2 Å². The van der Waals surface area contributed by atoms with E-state index in [9.17, 15) is 4.79 Å². The Morgan fingerprint density at radius 1 is 1.58 bits per heavy atom. The van der Waals surface area contributed by atoms with Gasteiger partial charge in [0.25, 0.3) is 0 Å². The van der Waals surface area contributed by atoms with Crippen molar-refractivity contribution in [1.82, 2.24) is 10.3 Å². The van der Waals surface area contributed by atoms with E-state index < -0.39 is 0 Å². The third kappa shape index (κ3) is 3.14. The Hall–Kier alpha value is -1.82. The van der Waals surface area contributed by atoms with Crippen molar-refractivity contribution in [3.05, 3.63) is 18.2 Å². The number of carbonyl (C=O) groups is 1. The fourth-order valence-electron chi connectivity index (χ4n) is 2.12. The largest absolute Gasteiger partial charge is 0.377 e. The molecule has 104 valence electrons. The molecule has 1 aromatic rings. The molecule has 1 atom stereocenters. The lowest BCUT2D eigenvalue weighted by atomic mass is 10.2. The lowest BCUT2D eigenvalue weighted by Crippen LogP contribution is -2.53. The molecule has 6 heteroatoms. The fourth-order valence-corrected chi connectivity index (χ4v) is 2.12. The van der Waals surface area contributed by atoms with Crippen LogP contribution >= 0.6 is 0 Å². The van der Waals surface area contributed by atoms with Crippen molar-refractivity contribution in [3.63, 3.8) is 0 Å². The number of anilines is 2. The summed E-state index contributed by atoms with van der Waals surface area (Å²) in [6.07, 6.45) is 0. The van der Waals surface area contributed by atoms with Gasteiger partial charge in [-0.2, -0.15) is 0 Å². The summed E-state index contributed by atoms with van der Waals surface area (Å²) in [6, 6.07) is 5.46. The zero-order valence-electron chi connectivity index (χ0n) is 11.3. The second-order valence-electron chi connectivity index (χ2n) is 4.31. The summed E-state index contributed by atoms with van der Waals surface area (Å²) >= 11 is 0. The van der Waals surface area contributed by atoms with Gasteiger partial charge < -0.3 is 20.3 Å². The number of amides is 1. The van der Waals surface area contributed by atoms with Gasteiger partial charge in [-0.25, -0.2) is 4.98 Å². The smallest absolute Gasteiger partial charge is 0.244 e. The van der Waals surface area contributed by atoms with Crippen molar-refractivity contribution in [2.24, 2.45) is 0 Å². The van der Waals surface area contributed by atoms with Crippen LogP contribution in [0, 0.1) is 0 Å². The molecule has 0 spiro atoms. The minimum absolute atomic E-state index is 0.0460. The molecule has 0 aliphatic carbocycles. The predicted octanol–water partition coefficient (Wildman–Crippen LogP) is 0.465. The second-order valence-corrected chi connectivity index (χ2v) is 4.31. The lowest BCUT2D eigenvalue weighted by Gasteiger charge is -2.35. The van der Waals surface area contributed by atoms with Crippen LogP contribution < -0.4 is 15.5 Å². The summed E-state index contributed by atoms with van der Waals surface area (Å²) in [7, 11) is 1.64. The van der Waals surface area contributed by atoms with Crippen LogP contribution in [-0.2, 0) is 9.53 Å². The number of rotatable bonds is 4. The fraction of sp³-hybridized carbons (Fsp3) is 0.538.